The lowest BCUT2D eigenvalue weighted by atomic mass is 10.1. The molecular weight excluding hydrogens is 349 g/mol. The Balaban J connectivity index is 1.71. The van der Waals surface area contributed by atoms with Gasteiger partial charge in [0.1, 0.15) is 11.5 Å². The molecule has 134 valence electrons. The van der Waals surface area contributed by atoms with Crippen molar-refractivity contribution in [3.8, 4) is 0 Å². The molecule has 2 heterocycles. The molecule has 0 unspecified atom stereocenters. The zero-order valence-corrected chi connectivity index (χ0v) is 14.4. The third-order valence-electron chi connectivity index (χ3n) is 4.44. The van der Waals surface area contributed by atoms with Crippen LogP contribution in [-0.4, -0.2) is 47.3 Å². The van der Waals surface area contributed by atoms with Crippen LogP contribution in [0.1, 0.15) is 23.3 Å². The number of aromatic amines is 1. The van der Waals surface area contributed by atoms with E-state index in [1.54, 1.807) is 11.9 Å². The summed E-state index contributed by atoms with van der Waals surface area (Å²) in [6.45, 7) is 0.562. The minimum Gasteiger partial charge on any atom is -0.337 e. The first-order chi connectivity index (χ1) is 11.8. The number of benzene rings is 1. The second kappa shape index (κ2) is 6.47. The van der Waals surface area contributed by atoms with Gasteiger partial charge in [-0.3, -0.25) is 19.4 Å². The summed E-state index contributed by atoms with van der Waals surface area (Å²) >= 11 is 0. The Kier molecular flexibility index (Phi) is 4.51. The molecule has 0 atom stereocenters. The molecular formula is C16H18FN3O4S. The molecule has 0 spiro atoms. The predicted octanol–water partition coefficient (Wildman–Crippen LogP) is 0.931. The summed E-state index contributed by atoms with van der Waals surface area (Å²) in [4.78, 5) is 25.4. The van der Waals surface area contributed by atoms with Crippen LogP contribution in [0.5, 0.6) is 0 Å². The summed E-state index contributed by atoms with van der Waals surface area (Å²) in [7, 11) is -1.99. The topological polar surface area (TPSA) is 92.2 Å². The largest absolute Gasteiger partial charge is 0.337 e. The number of hydrogen-bond acceptors (Lipinski definition) is 4. The Labute approximate surface area is 144 Å². The molecule has 9 heteroatoms. The average Bonchev–Trinajstić information content (AvgIpc) is 2.93. The molecule has 1 aliphatic heterocycles. The summed E-state index contributed by atoms with van der Waals surface area (Å²) in [6.07, 6.45) is 0.591. The van der Waals surface area contributed by atoms with Gasteiger partial charge in [0, 0.05) is 26.2 Å². The highest BCUT2D eigenvalue weighted by Crippen LogP contribution is 2.25. The van der Waals surface area contributed by atoms with E-state index >= 15 is 0 Å². The van der Waals surface area contributed by atoms with Crippen molar-refractivity contribution >= 4 is 15.7 Å². The van der Waals surface area contributed by atoms with Gasteiger partial charge in [0.2, 0.25) is 0 Å². The SMILES string of the molecule is Cn1[nH]c(=O)cc1C(=O)N1CCC(S(=O)(=O)c2ccc(F)cc2)CC1. The number of likely N-dealkylation sites (tertiary alicyclic amines) is 1. The molecule has 0 bridgehead atoms. The number of aromatic nitrogens is 2. The number of nitrogens with one attached hydrogen (secondary N) is 1. The van der Waals surface area contributed by atoms with Crippen molar-refractivity contribution in [2.24, 2.45) is 7.05 Å². The molecule has 1 saturated heterocycles. The first-order valence-corrected chi connectivity index (χ1v) is 9.38. The number of hydrogen-bond donors (Lipinski definition) is 1. The average molecular weight is 367 g/mol. The maximum Gasteiger partial charge on any atom is 0.272 e. The van der Waals surface area contributed by atoms with Gasteiger partial charge in [-0.05, 0) is 37.1 Å². The van der Waals surface area contributed by atoms with Gasteiger partial charge in [-0.15, -0.1) is 0 Å². The van der Waals surface area contributed by atoms with Gasteiger partial charge in [0.25, 0.3) is 11.5 Å². The Bertz CT molecular complexity index is 939. The monoisotopic (exact) mass is 367 g/mol. The summed E-state index contributed by atoms with van der Waals surface area (Å²) in [5.41, 5.74) is -0.121. The van der Waals surface area contributed by atoms with E-state index in [2.05, 4.69) is 5.10 Å². The fourth-order valence-electron chi connectivity index (χ4n) is 3.03. The lowest BCUT2D eigenvalue weighted by Crippen LogP contribution is -2.43. The maximum absolute atomic E-state index is 13.0. The van der Waals surface area contributed by atoms with Crippen LogP contribution in [0.4, 0.5) is 4.39 Å². The van der Waals surface area contributed by atoms with E-state index in [9.17, 15) is 22.4 Å². The van der Waals surface area contributed by atoms with Crippen LogP contribution in [0.15, 0.2) is 40.0 Å². The van der Waals surface area contributed by atoms with Crippen LogP contribution >= 0.6 is 0 Å². The summed E-state index contributed by atoms with van der Waals surface area (Å²) < 4.78 is 39.6. The van der Waals surface area contributed by atoms with Crippen molar-refractivity contribution in [3.05, 3.63) is 52.2 Å². The van der Waals surface area contributed by atoms with Crippen LogP contribution in [-0.2, 0) is 16.9 Å². The van der Waals surface area contributed by atoms with Gasteiger partial charge in [0.05, 0.1) is 10.1 Å². The van der Waals surface area contributed by atoms with E-state index in [0.29, 0.717) is 12.8 Å². The summed E-state index contributed by atoms with van der Waals surface area (Å²) in [5.74, 6) is -0.796. The van der Waals surface area contributed by atoms with Gasteiger partial charge >= 0.3 is 0 Å². The first kappa shape index (κ1) is 17.4. The number of sulfone groups is 1. The van der Waals surface area contributed by atoms with Crippen molar-refractivity contribution < 1.29 is 17.6 Å². The number of aryl methyl sites for hydroxylation is 1. The third-order valence-corrected chi connectivity index (χ3v) is 6.71. The second-order valence-electron chi connectivity index (χ2n) is 6.06. The Morgan fingerprint density at radius 3 is 2.32 bits per heavy atom. The number of H-pyrrole nitrogens is 1. The molecule has 1 aromatic heterocycles. The Hall–Kier alpha value is -2.42. The lowest BCUT2D eigenvalue weighted by molar-refractivity contribution is 0.0714. The highest BCUT2D eigenvalue weighted by Gasteiger charge is 2.33. The molecule has 1 amide bonds. The number of nitrogens with zero attached hydrogens (tertiary/aromatic N) is 2. The molecule has 0 aliphatic carbocycles. The van der Waals surface area contributed by atoms with E-state index in [4.69, 9.17) is 0 Å². The molecule has 2 aromatic rings. The van der Waals surface area contributed by atoms with E-state index in [1.165, 1.54) is 22.9 Å². The molecule has 25 heavy (non-hydrogen) atoms. The highest BCUT2D eigenvalue weighted by molar-refractivity contribution is 7.92. The van der Waals surface area contributed by atoms with Gasteiger partial charge in [0.15, 0.2) is 9.84 Å². The Morgan fingerprint density at radius 2 is 1.80 bits per heavy atom. The van der Waals surface area contributed by atoms with Crippen molar-refractivity contribution in [1.82, 2.24) is 14.7 Å². The molecule has 1 N–H and O–H groups in total. The number of amides is 1. The molecule has 1 aliphatic rings. The van der Waals surface area contributed by atoms with Crippen LogP contribution in [0.25, 0.3) is 0 Å². The summed E-state index contributed by atoms with van der Waals surface area (Å²) in [5, 5.41) is 1.86. The number of carbonyl (C=O) groups is 1. The Morgan fingerprint density at radius 1 is 1.20 bits per heavy atom. The molecule has 1 fully saturated rings. The fraction of sp³-hybridized carbons (Fsp3) is 0.375. The molecule has 0 radical (unpaired) electrons. The molecule has 1 aromatic carbocycles. The predicted molar refractivity (Wildman–Crippen MR) is 88.5 cm³/mol. The molecule has 0 saturated carbocycles. The second-order valence-corrected chi connectivity index (χ2v) is 8.28. The smallest absolute Gasteiger partial charge is 0.272 e. The first-order valence-electron chi connectivity index (χ1n) is 7.84. The normalized spacial score (nSPS) is 16.2. The zero-order valence-electron chi connectivity index (χ0n) is 13.6. The van der Waals surface area contributed by atoms with E-state index < -0.39 is 20.9 Å². The quantitative estimate of drug-likeness (QED) is 0.817. The minimum atomic E-state index is -3.56. The van der Waals surface area contributed by atoms with Crippen molar-refractivity contribution in [3.63, 3.8) is 0 Å². The highest BCUT2D eigenvalue weighted by atomic mass is 32.2. The lowest BCUT2D eigenvalue weighted by Gasteiger charge is -2.31. The van der Waals surface area contributed by atoms with Gasteiger partial charge in [-0.25, -0.2) is 12.8 Å². The third kappa shape index (κ3) is 3.37. The standard InChI is InChI=1S/C16H18FN3O4S/c1-19-14(10-15(21)18-19)16(22)20-8-6-13(7-9-20)25(23,24)12-4-2-11(17)3-5-12/h2-5,10,13H,6-9H2,1H3,(H,18,21). The van der Waals surface area contributed by atoms with Crippen LogP contribution < -0.4 is 5.56 Å². The van der Waals surface area contributed by atoms with Crippen LogP contribution in [0.2, 0.25) is 0 Å². The van der Waals surface area contributed by atoms with Gasteiger partial charge in [-0.1, -0.05) is 0 Å². The van der Waals surface area contributed by atoms with Crippen molar-refractivity contribution in [1.29, 1.82) is 0 Å². The summed E-state index contributed by atoms with van der Waals surface area (Å²) in [6, 6.07) is 6.00. The van der Waals surface area contributed by atoms with Crippen LogP contribution in [0.3, 0.4) is 0 Å². The van der Waals surface area contributed by atoms with Crippen molar-refractivity contribution in [2.75, 3.05) is 13.1 Å². The van der Waals surface area contributed by atoms with Crippen LogP contribution in [0, 0.1) is 5.82 Å². The molecule has 7 nitrogen and oxygen atoms in total. The maximum atomic E-state index is 13.0. The number of halogens is 1. The fourth-order valence-corrected chi connectivity index (χ4v) is 4.76. The van der Waals surface area contributed by atoms with Crippen molar-refractivity contribution in [2.45, 2.75) is 23.0 Å². The molecule has 3 rings (SSSR count). The van der Waals surface area contributed by atoms with E-state index in [-0.39, 0.29) is 35.1 Å². The van der Waals surface area contributed by atoms with E-state index in [0.717, 1.165) is 12.1 Å². The number of carbonyl (C=O) groups excluding carboxylic acids is 1. The van der Waals surface area contributed by atoms with Gasteiger partial charge in [-0.2, -0.15) is 0 Å². The number of rotatable bonds is 3. The van der Waals surface area contributed by atoms with Gasteiger partial charge < -0.3 is 4.90 Å². The number of piperidine rings is 1. The minimum absolute atomic E-state index is 0.0895. The zero-order chi connectivity index (χ0) is 18.2. The van der Waals surface area contributed by atoms with E-state index in [1.807, 2.05) is 0 Å².